The van der Waals surface area contributed by atoms with Crippen LogP contribution in [-0.4, -0.2) is 14.5 Å². The van der Waals surface area contributed by atoms with E-state index in [1.165, 1.54) is 12.1 Å². The lowest BCUT2D eigenvalue weighted by Crippen LogP contribution is -2.08. The zero-order chi connectivity index (χ0) is 13.8. The first-order valence-corrected chi connectivity index (χ1v) is 6.05. The Labute approximate surface area is 112 Å². The lowest BCUT2D eigenvalue weighted by molar-refractivity contribution is -0.384. The number of nitrogens with two attached hydrogens (primary N) is 1. The van der Waals surface area contributed by atoms with Crippen molar-refractivity contribution in [2.75, 3.05) is 5.43 Å². The van der Waals surface area contributed by atoms with Gasteiger partial charge >= 0.3 is 0 Å². The summed E-state index contributed by atoms with van der Waals surface area (Å²) in [5.74, 6) is 5.85. The Morgan fingerprint density at radius 1 is 1.58 bits per heavy atom. The van der Waals surface area contributed by atoms with Gasteiger partial charge in [0.05, 0.1) is 4.92 Å². The zero-order valence-corrected chi connectivity index (χ0v) is 10.8. The van der Waals surface area contributed by atoms with Gasteiger partial charge in [-0.05, 0) is 18.6 Å². The quantitative estimate of drug-likeness (QED) is 0.486. The number of nitrogens with zero attached hydrogens (tertiary/aromatic N) is 3. The SMILES string of the molecule is Cc1cc([N+](=O)[O-])ccc1OCc1nnsc1NN. The molecule has 2 rings (SSSR count). The van der Waals surface area contributed by atoms with Crippen LogP contribution in [0.25, 0.3) is 0 Å². The topological polar surface area (TPSA) is 116 Å². The minimum absolute atomic E-state index is 0.0319. The van der Waals surface area contributed by atoms with Crippen LogP contribution in [0.3, 0.4) is 0 Å². The third-order valence-electron chi connectivity index (χ3n) is 2.42. The molecule has 0 amide bonds. The van der Waals surface area contributed by atoms with E-state index >= 15 is 0 Å². The number of nitro groups is 1. The Bertz CT molecular complexity index is 601. The third kappa shape index (κ3) is 2.95. The number of benzene rings is 1. The summed E-state index contributed by atoms with van der Waals surface area (Å²) in [4.78, 5) is 10.2. The van der Waals surface area contributed by atoms with Gasteiger partial charge in [-0.15, -0.1) is 5.10 Å². The molecule has 2 aromatic rings. The average molecular weight is 281 g/mol. The van der Waals surface area contributed by atoms with E-state index in [-0.39, 0.29) is 12.3 Å². The molecular weight excluding hydrogens is 270 g/mol. The first-order valence-electron chi connectivity index (χ1n) is 5.27. The number of hydrogen-bond donors (Lipinski definition) is 2. The smallest absolute Gasteiger partial charge is 0.269 e. The maximum absolute atomic E-state index is 10.6. The summed E-state index contributed by atoms with van der Waals surface area (Å²) < 4.78 is 9.29. The molecule has 1 aromatic carbocycles. The summed E-state index contributed by atoms with van der Waals surface area (Å²) in [7, 11) is 0. The zero-order valence-electron chi connectivity index (χ0n) is 9.99. The molecule has 100 valence electrons. The van der Waals surface area contributed by atoms with E-state index in [1.807, 2.05) is 0 Å². The first-order chi connectivity index (χ1) is 9.11. The van der Waals surface area contributed by atoms with Crippen molar-refractivity contribution in [1.82, 2.24) is 9.59 Å². The van der Waals surface area contributed by atoms with E-state index in [2.05, 4.69) is 15.0 Å². The van der Waals surface area contributed by atoms with Gasteiger partial charge in [0.1, 0.15) is 18.1 Å². The summed E-state index contributed by atoms with van der Waals surface area (Å²) in [6.45, 7) is 1.93. The molecular formula is C10H11N5O3S. The average Bonchev–Trinajstić information content (AvgIpc) is 2.84. The van der Waals surface area contributed by atoms with Gasteiger partial charge in [0.15, 0.2) is 5.00 Å². The molecule has 0 saturated carbocycles. The fourth-order valence-electron chi connectivity index (χ4n) is 1.47. The van der Waals surface area contributed by atoms with E-state index in [1.54, 1.807) is 13.0 Å². The van der Waals surface area contributed by atoms with Crippen LogP contribution in [0.15, 0.2) is 18.2 Å². The highest BCUT2D eigenvalue weighted by Gasteiger charge is 2.11. The first kappa shape index (κ1) is 13.2. The van der Waals surface area contributed by atoms with Crippen molar-refractivity contribution in [3.8, 4) is 5.75 Å². The number of nitro benzene ring substituents is 1. The molecule has 0 atom stereocenters. The van der Waals surface area contributed by atoms with Crippen molar-refractivity contribution in [2.24, 2.45) is 5.84 Å². The number of non-ortho nitro benzene ring substituents is 1. The van der Waals surface area contributed by atoms with Crippen molar-refractivity contribution in [2.45, 2.75) is 13.5 Å². The van der Waals surface area contributed by atoms with Gasteiger partial charge in [-0.25, -0.2) is 5.84 Å². The predicted octanol–water partition coefficient (Wildman–Crippen LogP) is 1.62. The molecule has 1 aromatic heterocycles. The van der Waals surface area contributed by atoms with Crippen molar-refractivity contribution >= 4 is 22.2 Å². The standard InChI is InChI=1S/C10H11N5O3S/c1-6-4-7(15(16)17)2-3-9(6)18-5-8-10(12-11)19-14-13-8/h2-4,12H,5,11H2,1H3. The van der Waals surface area contributed by atoms with E-state index in [0.717, 1.165) is 11.5 Å². The van der Waals surface area contributed by atoms with Gasteiger partial charge in [-0.1, -0.05) is 4.49 Å². The largest absolute Gasteiger partial charge is 0.487 e. The number of nitrogens with one attached hydrogen (secondary N) is 1. The van der Waals surface area contributed by atoms with E-state index in [4.69, 9.17) is 10.6 Å². The number of hydrogen-bond acceptors (Lipinski definition) is 8. The minimum atomic E-state index is -0.447. The molecule has 0 saturated heterocycles. The molecule has 0 unspecified atom stereocenters. The minimum Gasteiger partial charge on any atom is -0.487 e. The van der Waals surface area contributed by atoms with Crippen molar-refractivity contribution in [3.05, 3.63) is 39.6 Å². The lowest BCUT2D eigenvalue weighted by atomic mass is 10.2. The van der Waals surface area contributed by atoms with Crippen molar-refractivity contribution in [1.29, 1.82) is 0 Å². The van der Waals surface area contributed by atoms with Crippen molar-refractivity contribution < 1.29 is 9.66 Å². The summed E-state index contributed by atoms with van der Waals surface area (Å²) in [5.41, 5.74) is 3.78. The van der Waals surface area contributed by atoms with Crippen LogP contribution in [0.1, 0.15) is 11.3 Å². The molecule has 8 nitrogen and oxygen atoms in total. The molecule has 0 spiro atoms. The van der Waals surface area contributed by atoms with Crippen LogP contribution < -0.4 is 16.0 Å². The highest BCUT2D eigenvalue weighted by Crippen LogP contribution is 2.25. The van der Waals surface area contributed by atoms with Gasteiger partial charge in [0.2, 0.25) is 0 Å². The molecule has 1 heterocycles. The van der Waals surface area contributed by atoms with Crippen LogP contribution in [0, 0.1) is 17.0 Å². The molecule has 0 aliphatic heterocycles. The maximum Gasteiger partial charge on any atom is 0.269 e. The molecule has 9 heteroatoms. The molecule has 19 heavy (non-hydrogen) atoms. The van der Waals surface area contributed by atoms with Crippen LogP contribution >= 0.6 is 11.5 Å². The Balaban J connectivity index is 2.10. The number of aryl methyl sites for hydroxylation is 1. The monoisotopic (exact) mass is 281 g/mol. The van der Waals surface area contributed by atoms with Gasteiger partial charge in [-0.2, -0.15) is 0 Å². The Morgan fingerprint density at radius 2 is 2.37 bits per heavy atom. The number of ether oxygens (including phenoxy) is 1. The fraction of sp³-hybridized carbons (Fsp3) is 0.200. The van der Waals surface area contributed by atoms with E-state index < -0.39 is 4.92 Å². The van der Waals surface area contributed by atoms with Crippen LogP contribution in [-0.2, 0) is 6.61 Å². The molecule has 0 fully saturated rings. The summed E-state index contributed by atoms with van der Waals surface area (Å²) in [6, 6.07) is 4.41. The molecule has 0 radical (unpaired) electrons. The van der Waals surface area contributed by atoms with Crippen LogP contribution in [0.2, 0.25) is 0 Å². The maximum atomic E-state index is 10.6. The van der Waals surface area contributed by atoms with Gasteiger partial charge in [0.25, 0.3) is 5.69 Å². The number of rotatable bonds is 5. The highest BCUT2D eigenvalue weighted by atomic mass is 32.1. The predicted molar refractivity (Wildman–Crippen MR) is 69.9 cm³/mol. The molecule has 0 bridgehead atoms. The summed E-state index contributed by atoms with van der Waals surface area (Å²) in [6.07, 6.45) is 0. The van der Waals surface area contributed by atoms with Crippen LogP contribution in [0.5, 0.6) is 5.75 Å². The lowest BCUT2D eigenvalue weighted by Gasteiger charge is -2.08. The fourth-order valence-corrected chi connectivity index (χ4v) is 1.95. The van der Waals surface area contributed by atoms with E-state index in [9.17, 15) is 10.1 Å². The molecule has 0 aliphatic rings. The number of hydrazine groups is 1. The third-order valence-corrected chi connectivity index (χ3v) is 3.12. The highest BCUT2D eigenvalue weighted by molar-refractivity contribution is 7.10. The second-order valence-corrected chi connectivity index (χ2v) is 4.44. The number of nitrogen functional groups attached to an aromatic ring is 1. The number of anilines is 1. The van der Waals surface area contributed by atoms with Crippen molar-refractivity contribution in [3.63, 3.8) is 0 Å². The second-order valence-electron chi connectivity index (χ2n) is 3.69. The Kier molecular flexibility index (Phi) is 3.88. The Morgan fingerprint density at radius 3 is 3.00 bits per heavy atom. The molecule has 0 aliphatic carbocycles. The normalized spacial score (nSPS) is 10.2. The van der Waals surface area contributed by atoms with Gasteiger partial charge in [0, 0.05) is 23.7 Å². The second kappa shape index (κ2) is 5.59. The van der Waals surface area contributed by atoms with Gasteiger partial charge < -0.3 is 10.2 Å². The van der Waals surface area contributed by atoms with Crippen LogP contribution in [0.4, 0.5) is 10.7 Å². The molecule has 3 N–H and O–H groups in total. The van der Waals surface area contributed by atoms with E-state index in [0.29, 0.717) is 22.0 Å². The van der Waals surface area contributed by atoms with Gasteiger partial charge in [-0.3, -0.25) is 10.1 Å². The number of aromatic nitrogens is 2. The summed E-state index contributed by atoms with van der Waals surface area (Å²) in [5, 5.41) is 15.1. The Hall–Kier alpha value is -2.26. The summed E-state index contributed by atoms with van der Waals surface area (Å²) >= 11 is 1.13.